The van der Waals surface area contributed by atoms with Gasteiger partial charge in [0.1, 0.15) is 5.82 Å². The zero-order valence-corrected chi connectivity index (χ0v) is 19.4. The second-order valence-corrected chi connectivity index (χ2v) is 8.96. The molecular weight excluding hydrogens is 429 g/mol. The average Bonchev–Trinajstić information content (AvgIpc) is 2.86. The molecule has 0 saturated carbocycles. The highest BCUT2D eigenvalue weighted by Gasteiger charge is 2.34. The molecule has 0 bridgehead atoms. The second-order valence-electron chi connectivity index (χ2n) is 8.96. The number of nitrogens with zero attached hydrogens (tertiary/aromatic N) is 2. The molecule has 1 saturated heterocycles. The SMILES string of the molecule is Cc1cc(C2CC(C(=O)NCCc3ccccn3)CN(C(=O)Cc3ccccc3)C2)ccc1F. The van der Waals surface area contributed by atoms with Crippen molar-refractivity contribution in [1.82, 2.24) is 15.2 Å². The van der Waals surface area contributed by atoms with Crippen LogP contribution in [0.5, 0.6) is 0 Å². The third-order valence-electron chi connectivity index (χ3n) is 6.43. The molecule has 2 heterocycles. The first-order valence-corrected chi connectivity index (χ1v) is 11.7. The quantitative estimate of drug-likeness (QED) is 0.580. The largest absolute Gasteiger partial charge is 0.355 e. The summed E-state index contributed by atoms with van der Waals surface area (Å²) in [5.41, 5.74) is 3.40. The number of hydrogen-bond donors (Lipinski definition) is 1. The maximum Gasteiger partial charge on any atom is 0.227 e. The van der Waals surface area contributed by atoms with Crippen LogP contribution in [0.3, 0.4) is 0 Å². The molecule has 6 heteroatoms. The van der Waals surface area contributed by atoms with Crippen molar-refractivity contribution < 1.29 is 14.0 Å². The van der Waals surface area contributed by atoms with Gasteiger partial charge in [-0.05, 0) is 48.2 Å². The van der Waals surface area contributed by atoms with Gasteiger partial charge in [0.15, 0.2) is 0 Å². The molecule has 2 amide bonds. The summed E-state index contributed by atoms with van der Waals surface area (Å²) < 4.78 is 13.9. The zero-order valence-electron chi connectivity index (χ0n) is 19.4. The topological polar surface area (TPSA) is 62.3 Å². The Morgan fingerprint density at radius 1 is 1.06 bits per heavy atom. The monoisotopic (exact) mass is 459 g/mol. The van der Waals surface area contributed by atoms with Gasteiger partial charge < -0.3 is 10.2 Å². The molecule has 1 aromatic heterocycles. The number of pyridine rings is 1. The van der Waals surface area contributed by atoms with E-state index in [1.54, 1.807) is 24.1 Å². The number of carbonyl (C=O) groups is 2. The Morgan fingerprint density at radius 3 is 2.59 bits per heavy atom. The van der Waals surface area contributed by atoms with E-state index in [0.717, 1.165) is 16.8 Å². The van der Waals surface area contributed by atoms with Crippen LogP contribution in [0, 0.1) is 18.7 Å². The van der Waals surface area contributed by atoms with Crippen molar-refractivity contribution in [3.8, 4) is 0 Å². The van der Waals surface area contributed by atoms with E-state index in [1.165, 1.54) is 6.07 Å². The maximum atomic E-state index is 13.9. The lowest BCUT2D eigenvalue weighted by atomic mass is 9.83. The molecule has 2 unspecified atom stereocenters. The van der Waals surface area contributed by atoms with Crippen molar-refractivity contribution in [2.45, 2.75) is 32.1 Å². The smallest absolute Gasteiger partial charge is 0.227 e. The van der Waals surface area contributed by atoms with E-state index in [9.17, 15) is 14.0 Å². The van der Waals surface area contributed by atoms with Gasteiger partial charge in [0.2, 0.25) is 11.8 Å². The highest BCUT2D eigenvalue weighted by atomic mass is 19.1. The van der Waals surface area contributed by atoms with Crippen molar-refractivity contribution in [1.29, 1.82) is 0 Å². The van der Waals surface area contributed by atoms with Crippen LogP contribution in [0.15, 0.2) is 72.9 Å². The Hall–Kier alpha value is -3.54. The number of benzene rings is 2. The van der Waals surface area contributed by atoms with E-state index in [4.69, 9.17) is 0 Å². The maximum absolute atomic E-state index is 13.9. The molecule has 2 atom stereocenters. The number of halogens is 1. The fourth-order valence-electron chi connectivity index (χ4n) is 4.54. The van der Waals surface area contributed by atoms with Crippen molar-refractivity contribution in [3.63, 3.8) is 0 Å². The number of likely N-dealkylation sites (tertiary alicyclic amines) is 1. The van der Waals surface area contributed by atoms with Gasteiger partial charge in [0.05, 0.1) is 12.3 Å². The minimum absolute atomic E-state index is 0.000944. The number of amides is 2. The molecule has 1 aliphatic heterocycles. The summed E-state index contributed by atoms with van der Waals surface area (Å²) in [5.74, 6) is -0.662. The summed E-state index contributed by atoms with van der Waals surface area (Å²) in [4.78, 5) is 32.3. The van der Waals surface area contributed by atoms with Gasteiger partial charge in [0, 0.05) is 43.9 Å². The molecule has 5 nitrogen and oxygen atoms in total. The van der Waals surface area contributed by atoms with Gasteiger partial charge in [-0.15, -0.1) is 0 Å². The molecule has 4 rings (SSSR count). The molecule has 2 aromatic carbocycles. The number of aryl methyl sites for hydroxylation is 1. The van der Waals surface area contributed by atoms with Crippen LogP contribution in [0.4, 0.5) is 4.39 Å². The molecule has 1 aliphatic rings. The summed E-state index contributed by atoms with van der Waals surface area (Å²) >= 11 is 0. The number of nitrogens with one attached hydrogen (secondary N) is 1. The van der Waals surface area contributed by atoms with Gasteiger partial charge in [-0.2, -0.15) is 0 Å². The van der Waals surface area contributed by atoms with Crippen molar-refractivity contribution in [2.75, 3.05) is 19.6 Å². The number of carbonyl (C=O) groups excluding carboxylic acids is 2. The molecule has 3 aromatic rings. The van der Waals surface area contributed by atoms with Crippen molar-refractivity contribution in [2.24, 2.45) is 5.92 Å². The van der Waals surface area contributed by atoms with Crippen LogP contribution in [-0.4, -0.2) is 41.3 Å². The molecule has 1 fully saturated rings. The third kappa shape index (κ3) is 6.07. The van der Waals surface area contributed by atoms with Gasteiger partial charge in [0.25, 0.3) is 0 Å². The van der Waals surface area contributed by atoms with Gasteiger partial charge in [-0.3, -0.25) is 14.6 Å². The molecular formula is C28H30FN3O2. The fourth-order valence-corrected chi connectivity index (χ4v) is 4.54. The van der Waals surface area contributed by atoms with Crippen LogP contribution in [-0.2, 0) is 22.4 Å². The zero-order chi connectivity index (χ0) is 23.9. The van der Waals surface area contributed by atoms with Crippen molar-refractivity contribution in [3.05, 3.63) is 101 Å². The van der Waals surface area contributed by atoms with Gasteiger partial charge >= 0.3 is 0 Å². The standard InChI is InChI=1S/C28H30FN3O2/c1-20-15-22(10-11-26(20)29)23-17-24(28(34)31-14-12-25-9-5-6-13-30-25)19-32(18-23)27(33)16-21-7-3-2-4-8-21/h2-11,13,15,23-24H,12,14,16-19H2,1H3,(H,31,34). The third-order valence-corrected chi connectivity index (χ3v) is 6.43. The van der Waals surface area contributed by atoms with Crippen LogP contribution >= 0.6 is 0 Å². The summed E-state index contributed by atoms with van der Waals surface area (Å²) in [5, 5.41) is 3.03. The van der Waals surface area contributed by atoms with Crippen LogP contribution in [0.2, 0.25) is 0 Å². The number of aromatic nitrogens is 1. The van der Waals surface area contributed by atoms with Crippen molar-refractivity contribution >= 4 is 11.8 Å². The Labute approximate surface area is 200 Å². The van der Waals surface area contributed by atoms with E-state index < -0.39 is 0 Å². The lowest BCUT2D eigenvalue weighted by Gasteiger charge is -2.37. The minimum atomic E-state index is -0.326. The Kier molecular flexibility index (Phi) is 7.68. The first kappa shape index (κ1) is 23.6. The molecule has 0 aliphatic carbocycles. The normalized spacial score (nSPS) is 17.9. The predicted octanol–water partition coefficient (Wildman–Crippen LogP) is 4.06. The van der Waals surface area contributed by atoms with Gasteiger partial charge in [-0.1, -0.05) is 48.5 Å². The Bertz CT molecular complexity index is 1120. The summed E-state index contributed by atoms with van der Waals surface area (Å²) in [6, 6.07) is 20.4. The van der Waals surface area contributed by atoms with Crippen LogP contribution < -0.4 is 5.32 Å². The van der Waals surface area contributed by atoms with E-state index in [-0.39, 0.29) is 29.5 Å². The van der Waals surface area contributed by atoms with Gasteiger partial charge in [-0.25, -0.2) is 4.39 Å². The summed E-state index contributed by atoms with van der Waals surface area (Å²) in [7, 11) is 0. The van der Waals surface area contributed by atoms with Crippen LogP contribution in [0.25, 0.3) is 0 Å². The predicted molar refractivity (Wildman–Crippen MR) is 130 cm³/mol. The summed E-state index contributed by atoms with van der Waals surface area (Å²) in [6.45, 7) is 3.14. The number of rotatable bonds is 7. The first-order chi connectivity index (χ1) is 16.5. The Morgan fingerprint density at radius 2 is 1.85 bits per heavy atom. The highest BCUT2D eigenvalue weighted by molar-refractivity contribution is 5.82. The van der Waals surface area contributed by atoms with E-state index in [2.05, 4.69) is 10.3 Å². The molecule has 0 radical (unpaired) electrons. The average molecular weight is 460 g/mol. The van der Waals surface area contributed by atoms with E-state index in [1.807, 2.05) is 54.6 Å². The Balaban J connectivity index is 1.47. The first-order valence-electron chi connectivity index (χ1n) is 11.7. The molecule has 0 spiro atoms. The highest BCUT2D eigenvalue weighted by Crippen LogP contribution is 2.32. The summed E-state index contributed by atoms with van der Waals surface area (Å²) in [6.07, 6.45) is 3.31. The van der Waals surface area contributed by atoms with E-state index >= 15 is 0 Å². The molecule has 34 heavy (non-hydrogen) atoms. The molecule has 1 N–H and O–H groups in total. The second kappa shape index (κ2) is 11.1. The fraction of sp³-hybridized carbons (Fsp3) is 0.321. The molecule has 176 valence electrons. The lowest BCUT2D eigenvalue weighted by Crippen LogP contribution is -2.48. The number of hydrogen-bond acceptors (Lipinski definition) is 3. The number of piperidine rings is 1. The minimum Gasteiger partial charge on any atom is -0.355 e. The van der Waals surface area contributed by atoms with Crippen LogP contribution in [0.1, 0.15) is 34.7 Å². The van der Waals surface area contributed by atoms with E-state index in [0.29, 0.717) is 44.5 Å². The lowest BCUT2D eigenvalue weighted by molar-refractivity contribution is -0.135.